The van der Waals surface area contributed by atoms with E-state index < -0.39 is 12.0 Å². The number of nitrogens with zero attached hydrogens (tertiary/aromatic N) is 1. The SMILES string of the molecule is CCCC(NCC(=O)Nc1ncc(Cc2cccc(C)c2)s1)C(=O)O. The largest absolute Gasteiger partial charge is 0.480 e. The average Bonchev–Trinajstić information content (AvgIpc) is 2.98. The number of anilines is 1. The Hall–Kier alpha value is -2.25. The van der Waals surface area contributed by atoms with Crippen molar-refractivity contribution in [3.8, 4) is 0 Å². The fraction of sp³-hybridized carbons (Fsp3) is 0.389. The molecule has 2 aromatic rings. The Morgan fingerprint density at radius 1 is 1.36 bits per heavy atom. The molecule has 1 unspecified atom stereocenters. The molecule has 0 spiro atoms. The minimum atomic E-state index is -0.940. The zero-order valence-electron chi connectivity index (χ0n) is 14.4. The minimum absolute atomic E-state index is 0.0518. The molecule has 0 aliphatic rings. The second kappa shape index (κ2) is 9.29. The molecule has 134 valence electrons. The Morgan fingerprint density at radius 2 is 2.16 bits per heavy atom. The molecule has 1 aromatic carbocycles. The van der Waals surface area contributed by atoms with E-state index in [0.717, 1.165) is 17.7 Å². The van der Waals surface area contributed by atoms with Crippen LogP contribution in [0, 0.1) is 6.92 Å². The topological polar surface area (TPSA) is 91.3 Å². The molecular weight excluding hydrogens is 338 g/mol. The van der Waals surface area contributed by atoms with Crippen LogP contribution in [0.15, 0.2) is 30.5 Å². The number of amides is 1. The molecule has 0 saturated carbocycles. The highest BCUT2D eigenvalue weighted by atomic mass is 32.1. The standard InChI is InChI=1S/C18H23N3O3S/c1-3-5-15(17(23)24)19-11-16(22)21-18-20-10-14(25-18)9-13-7-4-6-12(2)8-13/h4,6-8,10,15,19H,3,5,9,11H2,1-2H3,(H,23,24)(H,20,21,22). The molecular formula is C18H23N3O3S. The molecule has 1 amide bonds. The number of aliphatic carboxylic acids is 1. The molecule has 0 saturated heterocycles. The number of aromatic nitrogens is 1. The number of carbonyl (C=O) groups excluding carboxylic acids is 1. The molecule has 0 aliphatic heterocycles. The average molecular weight is 361 g/mol. The van der Waals surface area contributed by atoms with Crippen LogP contribution in [0.2, 0.25) is 0 Å². The lowest BCUT2D eigenvalue weighted by Gasteiger charge is -2.12. The van der Waals surface area contributed by atoms with Crippen molar-refractivity contribution in [1.29, 1.82) is 0 Å². The molecule has 1 atom stereocenters. The number of carboxylic acids is 1. The fourth-order valence-electron chi connectivity index (χ4n) is 2.45. The van der Waals surface area contributed by atoms with Crippen LogP contribution in [-0.2, 0) is 16.0 Å². The molecule has 1 heterocycles. The van der Waals surface area contributed by atoms with Gasteiger partial charge >= 0.3 is 5.97 Å². The van der Waals surface area contributed by atoms with Crippen LogP contribution in [0.5, 0.6) is 0 Å². The number of benzene rings is 1. The van der Waals surface area contributed by atoms with Crippen LogP contribution in [0.3, 0.4) is 0 Å². The van der Waals surface area contributed by atoms with E-state index in [1.54, 1.807) is 6.20 Å². The zero-order chi connectivity index (χ0) is 18.2. The van der Waals surface area contributed by atoms with Crippen molar-refractivity contribution in [2.75, 3.05) is 11.9 Å². The second-order valence-corrected chi connectivity index (χ2v) is 7.02. The van der Waals surface area contributed by atoms with Crippen molar-refractivity contribution in [1.82, 2.24) is 10.3 Å². The summed E-state index contributed by atoms with van der Waals surface area (Å²) in [5.74, 6) is -1.23. The molecule has 0 aliphatic carbocycles. The fourth-order valence-corrected chi connectivity index (χ4v) is 3.31. The maximum atomic E-state index is 12.0. The predicted octanol–water partition coefficient (Wildman–Crippen LogP) is 2.82. The number of carbonyl (C=O) groups is 2. The molecule has 2 rings (SSSR count). The Kier molecular flexibility index (Phi) is 7.09. The van der Waals surface area contributed by atoms with E-state index in [9.17, 15) is 9.59 Å². The van der Waals surface area contributed by atoms with Gasteiger partial charge < -0.3 is 10.4 Å². The van der Waals surface area contributed by atoms with E-state index >= 15 is 0 Å². The van der Waals surface area contributed by atoms with Crippen LogP contribution in [-0.4, -0.2) is 34.6 Å². The van der Waals surface area contributed by atoms with Crippen molar-refractivity contribution >= 4 is 28.3 Å². The molecule has 25 heavy (non-hydrogen) atoms. The molecule has 3 N–H and O–H groups in total. The van der Waals surface area contributed by atoms with E-state index in [1.807, 2.05) is 13.0 Å². The van der Waals surface area contributed by atoms with Gasteiger partial charge in [0.05, 0.1) is 6.54 Å². The number of hydrogen-bond acceptors (Lipinski definition) is 5. The summed E-state index contributed by atoms with van der Waals surface area (Å²) >= 11 is 1.43. The number of nitrogens with one attached hydrogen (secondary N) is 2. The third-order valence-electron chi connectivity index (χ3n) is 3.65. The first kappa shape index (κ1) is 19.1. The summed E-state index contributed by atoms with van der Waals surface area (Å²) in [4.78, 5) is 28.3. The second-order valence-electron chi connectivity index (χ2n) is 5.91. The van der Waals surface area contributed by atoms with Crippen LogP contribution >= 0.6 is 11.3 Å². The Bertz CT molecular complexity index is 730. The van der Waals surface area contributed by atoms with Crippen LogP contribution in [0.25, 0.3) is 0 Å². The highest BCUT2D eigenvalue weighted by Gasteiger charge is 2.17. The first-order valence-corrected chi connectivity index (χ1v) is 9.06. The smallest absolute Gasteiger partial charge is 0.320 e. The van der Waals surface area contributed by atoms with E-state index in [1.165, 1.54) is 22.5 Å². The Morgan fingerprint density at radius 3 is 2.84 bits per heavy atom. The van der Waals surface area contributed by atoms with Crippen molar-refractivity contribution in [2.24, 2.45) is 0 Å². The highest BCUT2D eigenvalue weighted by Crippen LogP contribution is 2.21. The third kappa shape index (κ3) is 6.28. The monoisotopic (exact) mass is 361 g/mol. The van der Waals surface area contributed by atoms with Gasteiger partial charge in [-0.3, -0.25) is 14.9 Å². The summed E-state index contributed by atoms with van der Waals surface area (Å²) in [6.07, 6.45) is 3.75. The van der Waals surface area contributed by atoms with Gasteiger partial charge in [0.2, 0.25) is 5.91 Å². The maximum absolute atomic E-state index is 12.0. The molecule has 7 heteroatoms. The van der Waals surface area contributed by atoms with E-state index in [2.05, 4.69) is 40.7 Å². The summed E-state index contributed by atoms with van der Waals surface area (Å²) in [6, 6.07) is 7.56. The molecule has 1 aromatic heterocycles. The van der Waals surface area contributed by atoms with Crippen molar-refractivity contribution in [2.45, 2.75) is 39.2 Å². The van der Waals surface area contributed by atoms with Crippen molar-refractivity contribution < 1.29 is 14.7 Å². The lowest BCUT2D eigenvalue weighted by atomic mass is 10.1. The Labute approximate surface area is 151 Å². The normalized spacial score (nSPS) is 11.9. The van der Waals surface area contributed by atoms with Gasteiger partial charge in [-0.15, -0.1) is 11.3 Å². The first-order chi connectivity index (χ1) is 12.0. The van der Waals surface area contributed by atoms with Gasteiger partial charge in [-0.25, -0.2) is 4.98 Å². The summed E-state index contributed by atoms with van der Waals surface area (Å²) in [5, 5.41) is 15.1. The van der Waals surface area contributed by atoms with E-state index in [-0.39, 0.29) is 12.5 Å². The van der Waals surface area contributed by atoms with Gasteiger partial charge in [0.15, 0.2) is 5.13 Å². The van der Waals surface area contributed by atoms with Gasteiger partial charge in [-0.05, 0) is 18.9 Å². The molecule has 6 nitrogen and oxygen atoms in total. The number of carboxylic acid groups (broad SMARTS) is 1. The van der Waals surface area contributed by atoms with Crippen molar-refractivity contribution in [3.05, 3.63) is 46.5 Å². The quantitative estimate of drug-likeness (QED) is 0.639. The summed E-state index contributed by atoms with van der Waals surface area (Å²) < 4.78 is 0. The molecule has 0 fully saturated rings. The molecule has 0 bridgehead atoms. The minimum Gasteiger partial charge on any atom is -0.480 e. The molecule has 0 radical (unpaired) electrons. The van der Waals surface area contributed by atoms with Crippen molar-refractivity contribution in [3.63, 3.8) is 0 Å². The highest BCUT2D eigenvalue weighted by molar-refractivity contribution is 7.15. The Balaban J connectivity index is 1.85. The van der Waals surface area contributed by atoms with Crippen LogP contribution < -0.4 is 10.6 Å². The maximum Gasteiger partial charge on any atom is 0.320 e. The summed E-state index contributed by atoms with van der Waals surface area (Å²) in [5.41, 5.74) is 2.41. The number of aryl methyl sites for hydroxylation is 1. The van der Waals surface area contributed by atoms with Crippen LogP contribution in [0.1, 0.15) is 35.8 Å². The summed E-state index contributed by atoms with van der Waals surface area (Å²) in [7, 11) is 0. The zero-order valence-corrected chi connectivity index (χ0v) is 15.2. The first-order valence-electron chi connectivity index (χ1n) is 8.24. The van der Waals surface area contributed by atoms with Gasteiger partial charge in [0.25, 0.3) is 0 Å². The summed E-state index contributed by atoms with van der Waals surface area (Å²) in [6.45, 7) is 3.91. The third-order valence-corrected chi connectivity index (χ3v) is 4.56. The predicted molar refractivity (Wildman–Crippen MR) is 99.1 cm³/mol. The van der Waals surface area contributed by atoms with Crippen LogP contribution in [0.4, 0.5) is 5.13 Å². The van der Waals surface area contributed by atoms with Gasteiger partial charge in [-0.1, -0.05) is 43.2 Å². The lowest BCUT2D eigenvalue weighted by Crippen LogP contribution is -2.41. The van der Waals surface area contributed by atoms with Gasteiger partial charge in [0.1, 0.15) is 6.04 Å². The van der Waals surface area contributed by atoms with Gasteiger partial charge in [0, 0.05) is 17.5 Å². The lowest BCUT2D eigenvalue weighted by molar-refractivity contribution is -0.139. The number of rotatable bonds is 9. The van der Waals surface area contributed by atoms with Gasteiger partial charge in [-0.2, -0.15) is 0 Å². The van der Waals surface area contributed by atoms with E-state index in [0.29, 0.717) is 11.6 Å². The number of hydrogen-bond donors (Lipinski definition) is 3. The van der Waals surface area contributed by atoms with E-state index in [4.69, 9.17) is 5.11 Å². The number of thiazole rings is 1.